The third-order valence-corrected chi connectivity index (χ3v) is 4.64. The van der Waals surface area contributed by atoms with Gasteiger partial charge in [-0.05, 0) is 36.8 Å². The highest BCUT2D eigenvalue weighted by atomic mass is 32.1. The number of hydrogen-bond donors (Lipinski definition) is 1. The summed E-state index contributed by atoms with van der Waals surface area (Å²) in [7, 11) is 3.19. The van der Waals surface area contributed by atoms with E-state index in [0.29, 0.717) is 23.0 Å². The van der Waals surface area contributed by atoms with Crippen molar-refractivity contribution < 1.29 is 14.3 Å². The second kappa shape index (κ2) is 7.97. The minimum atomic E-state index is -0.148. The Labute approximate surface area is 155 Å². The largest absolute Gasteiger partial charge is 0.493 e. The molecule has 3 aromatic rings. The minimum Gasteiger partial charge on any atom is -0.493 e. The summed E-state index contributed by atoms with van der Waals surface area (Å²) in [6.45, 7) is 1.95. The molecule has 0 aliphatic rings. The van der Waals surface area contributed by atoms with Gasteiger partial charge in [-0.25, -0.2) is 9.97 Å². The molecule has 0 saturated carbocycles. The topological polar surface area (TPSA) is 73.3 Å². The number of pyridine rings is 1. The molecule has 2 aromatic heterocycles. The summed E-state index contributed by atoms with van der Waals surface area (Å²) in [6, 6.07) is 9.31. The first-order valence-corrected chi connectivity index (χ1v) is 8.86. The lowest BCUT2D eigenvalue weighted by molar-refractivity contribution is -0.115. The summed E-state index contributed by atoms with van der Waals surface area (Å²) < 4.78 is 10.6. The van der Waals surface area contributed by atoms with Gasteiger partial charge in [-0.2, -0.15) is 0 Å². The fraction of sp³-hybridized carbons (Fsp3) is 0.211. The van der Waals surface area contributed by atoms with Crippen LogP contribution in [0.2, 0.25) is 0 Å². The predicted molar refractivity (Wildman–Crippen MR) is 102 cm³/mol. The maximum Gasteiger partial charge on any atom is 0.231 e. The van der Waals surface area contributed by atoms with E-state index in [1.54, 1.807) is 26.5 Å². The van der Waals surface area contributed by atoms with Crippen LogP contribution in [0.5, 0.6) is 11.5 Å². The van der Waals surface area contributed by atoms with Gasteiger partial charge in [0.05, 0.1) is 26.3 Å². The highest BCUT2D eigenvalue weighted by Crippen LogP contribution is 2.33. The van der Waals surface area contributed by atoms with E-state index >= 15 is 0 Å². The Kier molecular flexibility index (Phi) is 5.48. The van der Waals surface area contributed by atoms with E-state index in [2.05, 4.69) is 15.3 Å². The first-order valence-electron chi connectivity index (χ1n) is 7.98. The SMILES string of the molecule is COc1ccc(-c2nc(CC(=O)Nc3ccc(C)cn3)cs2)cc1OC. The van der Waals surface area contributed by atoms with E-state index in [1.807, 2.05) is 36.6 Å². The van der Waals surface area contributed by atoms with Crippen LogP contribution in [-0.2, 0) is 11.2 Å². The second-order valence-electron chi connectivity index (χ2n) is 5.66. The highest BCUT2D eigenvalue weighted by Gasteiger charge is 2.12. The average Bonchev–Trinajstić information content (AvgIpc) is 3.11. The molecule has 6 nitrogen and oxygen atoms in total. The maximum atomic E-state index is 12.2. The Hall–Kier alpha value is -2.93. The van der Waals surface area contributed by atoms with Crippen LogP contribution in [0.4, 0.5) is 5.82 Å². The van der Waals surface area contributed by atoms with Crippen LogP contribution >= 0.6 is 11.3 Å². The van der Waals surface area contributed by atoms with Crippen molar-refractivity contribution in [3.63, 3.8) is 0 Å². The van der Waals surface area contributed by atoms with Crippen LogP contribution < -0.4 is 14.8 Å². The van der Waals surface area contributed by atoms with Crippen molar-refractivity contribution in [1.82, 2.24) is 9.97 Å². The van der Waals surface area contributed by atoms with Crippen molar-refractivity contribution in [1.29, 1.82) is 0 Å². The molecule has 1 amide bonds. The van der Waals surface area contributed by atoms with Gasteiger partial charge >= 0.3 is 0 Å². The zero-order valence-electron chi connectivity index (χ0n) is 14.8. The standard InChI is InChI=1S/C19H19N3O3S/c1-12-4-7-17(20-10-12)22-18(23)9-14-11-26-19(21-14)13-5-6-15(24-2)16(8-13)25-3/h4-8,10-11H,9H2,1-3H3,(H,20,22,23). The molecule has 1 aromatic carbocycles. The van der Waals surface area contributed by atoms with Gasteiger partial charge in [0.25, 0.3) is 0 Å². The molecule has 0 saturated heterocycles. The van der Waals surface area contributed by atoms with E-state index in [-0.39, 0.29) is 12.3 Å². The molecule has 26 heavy (non-hydrogen) atoms. The third kappa shape index (κ3) is 4.18. The summed E-state index contributed by atoms with van der Waals surface area (Å²) in [4.78, 5) is 20.9. The molecular weight excluding hydrogens is 350 g/mol. The number of benzene rings is 1. The predicted octanol–water partition coefficient (Wildman–Crippen LogP) is 3.71. The van der Waals surface area contributed by atoms with E-state index in [9.17, 15) is 4.79 Å². The molecular formula is C19H19N3O3S. The van der Waals surface area contributed by atoms with Crippen molar-refractivity contribution >= 4 is 23.1 Å². The number of amides is 1. The van der Waals surface area contributed by atoms with Crippen molar-refractivity contribution in [2.45, 2.75) is 13.3 Å². The number of thiazole rings is 1. The van der Waals surface area contributed by atoms with Gasteiger partial charge in [0.15, 0.2) is 11.5 Å². The molecule has 1 N–H and O–H groups in total. The van der Waals surface area contributed by atoms with Gasteiger partial charge in [0.1, 0.15) is 10.8 Å². The van der Waals surface area contributed by atoms with Gasteiger partial charge in [0.2, 0.25) is 5.91 Å². The normalized spacial score (nSPS) is 10.4. The molecule has 2 heterocycles. The van der Waals surface area contributed by atoms with Crippen molar-refractivity contribution in [3.05, 3.63) is 53.2 Å². The third-order valence-electron chi connectivity index (χ3n) is 3.70. The number of anilines is 1. The number of nitrogens with zero attached hydrogens (tertiary/aromatic N) is 2. The first kappa shape index (κ1) is 17.9. The summed E-state index contributed by atoms with van der Waals surface area (Å²) in [5.74, 6) is 1.70. The lowest BCUT2D eigenvalue weighted by Crippen LogP contribution is -2.15. The van der Waals surface area contributed by atoms with Crippen molar-refractivity contribution in [2.75, 3.05) is 19.5 Å². The lowest BCUT2D eigenvalue weighted by atomic mass is 10.2. The monoisotopic (exact) mass is 369 g/mol. The van der Waals surface area contributed by atoms with Crippen LogP contribution in [-0.4, -0.2) is 30.1 Å². The van der Waals surface area contributed by atoms with Crippen LogP contribution in [0, 0.1) is 6.92 Å². The van der Waals surface area contributed by atoms with E-state index < -0.39 is 0 Å². The summed E-state index contributed by atoms with van der Waals surface area (Å²) in [6.07, 6.45) is 1.91. The fourth-order valence-electron chi connectivity index (χ4n) is 2.38. The van der Waals surface area contributed by atoms with E-state index in [1.165, 1.54) is 11.3 Å². The summed E-state index contributed by atoms with van der Waals surface area (Å²) >= 11 is 1.48. The quantitative estimate of drug-likeness (QED) is 0.717. The molecule has 0 atom stereocenters. The van der Waals surface area contributed by atoms with Crippen molar-refractivity contribution in [3.8, 4) is 22.1 Å². The van der Waals surface area contributed by atoms with Gasteiger partial charge in [0, 0.05) is 17.1 Å². The zero-order chi connectivity index (χ0) is 18.5. The van der Waals surface area contributed by atoms with Crippen LogP contribution in [0.3, 0.4) is 0 Å². The highest BCUT2D eigenvalue weighted by molar-refractivity contribution is 7.13. The van der Waals surface area contributed by atoms with Gasteiger partial charge in [-0.1, -0.05) is 6.07 Å². The Bertz CT molecular complexity index is 907. The number of nitrogens with one attached hydrogen (secondary N) is 1. The van der Waals surface area contributed by atoms with Gasteiger partial charge in [-0.15, -0.1) is 11.3 Å². The number of ether oxygens (including phenoxy) is 2. The molecule has 0 aliphatic heterocycles. The number of carbonyl (C=O) groups is 1. The molecule has 0 aliphatic carbocycles. The van der Waals surface area contributed by atoms with E-state index in [4.69, 9.17) is 9.47 Å². The fourth-order valence-corrected chi connectivity index (χ4v) is 3.20. The number of rotatable bonds is 6. The van der Waals surface area contributed by atoms with Crippen LogP contribution in [0.1, 0.15) is 11.3 Å². The second-order valence-corrected chi connectivity index (χ2v) is 6.52. The number of carbonyl (C=O) groups excluding carboxylic acids is 1. The molecule has 134 valence electrons. The molecule has 3 rings (SSSR count). The number of aromatic nitrogens is 2. The van der Waals surface area contributed by atoms with Gasteiger partial charge in [-0.3, -0.25) is 4.79 Å². The number of methoxy groups -OCH3 is 2. The Morgan fingerprint density at radius 2 is 1.96 bits per heavy atom. The zero-order valence-corrected chi connectivity index (χ0v) is 15.6. The maximum absolute atomic E-state index is 12.2. The minimum absolute atomic E-state index is 0.148. The lowest BCUT2D eigenvalue weighted by Gasteiger charge is -2.08. The Balaban J connectivity index is 1.69. The van der Waals surface area contributed by atoms with Crippen molar-refractivity contribution in [2.24, 2.45) is 0 Å². The van der Waals surface area contributed by atoms with E-state index in [0.717, 1.165) is 16.1 Å². The van der Waals surface area contributed by atoms with Crippen LogP contribution in [0.15, 0.2) is 41.9 Å². The average molecular weight is 369 g/mol. The smallest absolute Gasteiger partial charge is 0.231 e. The molecule has 0 bridgehead atoms. The number of hydrogen-bond acceptors (Lipinski definition) is 6. The molecule has 0 unspecified atom stereocenters. The molecule has 0 fully saturated rings. The van der Waals surface area contributed by atoms with Gasteiger partial charge < -0.3 is 14.8 Å². The Morgan fingerprint density at radius 1 is 1.15 bits per heavy atom. The van der Waals surface area contributed by atoms with Crippen LogP contribution in [0.25, 0.3) is 10.6 Å². The summed E-state index contributed by atoms with van der Waals surface area (Å²) in [5.41, 5.74) is 2.67. The summed E-state index contributed by atoms with van der Waals surface area (Å²) in [5, 5.41) is 5.48. The molecule has 0 spiro atoms. The molecule has 7 heteroatoms. The first-order chi connectivity index (χ1) is 12.6. The molecule has 0 radical (unpaired) electrons. The number of aryl methyl sites for hydroxylation is 1. The Morgan fingerprint density at radius 3 is 2.65 bits per heavy atom.